The van der Waals surface area contributed by atoms with Gasteiger partial charge in [-0.2, -0.15) is 0 Å². The molecule has 0 radical (unpaired) electrons. The van der Waals surface area contributed by atoms with Gasteiger partial charge in [0, 0.05) is 6.61 Å². The van der Waals surface area contributed by atoms with E-state index < -0.39 is 6.29 Å². The Kier molecular flexibility index (Phi) is 12.3. The first-order valence-corrected chi connectivity index (χ1v) is 6.13. The molecule has 1 unspecified atom stereocenters. The van der Waals surface area contributed by atoms with Crippen LogP contribution in [0.1, 0.15) is 39.5 Å². The number of quaternary nitrogens is 1. The van der Waals surface area contributed by atoms with Crippen LogP contribution in [0.5, 0.6) is 0 Å². The van der Waals surface area contributed by atoms with Gasteiger partial charge in [-0.3, -0.25) is 0 Å². The number of ether oxygens (including phenoxy) is 1. The Labute approximate surface area is 111 Å². The van der Waals surface area contributed by atoms with E-state index in [-0.39, 0.29) is 17.0 Å². The van der Waals surface area contributed by atoms with Crippen molar-refractivity contribution in [3.8, 4) is 0 Å². The second-order valence-electron chi connectivity index (χ2n) is 4.87. The highest BCUT2D eigenvalue weighted by Gasteiger charge is 2.19. The Morgan fingerprint density at radius 3 is 2.25 bits per heavy atom. The summed E-state index contributed by atoms with van der Waals surface area (Å²) in [5.74, 6) is 0. The third-order valence-corrected chi connectivity index (χ3v) is 2.54. The van der Waals surface area contributed by atoms with E-state index in [1.54, 1.807) is 0 Å². The maximum atomic E-state index is 9.67. The number of aliphatic hydroxyl groups is 1. The van der Waals surface area contributed by atoms with Crippen molar-refractivity contribution in [1.82, 2.24) is 0 Å². The fourth-order valence-electron chi connectivity index (χ4n) is 1.74. The van der Waals surface area contributed by atoms with Crippen molar-refractivity contribution < 1.29 is 31.3 Å². The molecular formula is C12H28BrNO2. The fourth-order valence-corrected chi connectivity index (χ4v) is 1.74. The van der Waals surface area contributed by atoms with Crippen LogP contribution in [-0.2, 0) is 4.74 Å². The van der Waals surface area contributed by atoms with Crippen LogP contribution >= 0.6 is 0 Å². The Balaban J connectivity index is 0. The van der Waals surface area contributed by atoms with Crippen LogP contribution in [0, 0.1) is 0 Å². The van der Waals surface area contributed by atoms with Gasteiger partial charge >= 0.3 is 0 Å². The van der Waals surface area contributed by atoms with Crippen molar-refractivity contribution in [3.05, 3.63) is 0 Å². The first-order valence-electron chi connectivity index (χ1n) is 6.13. The summed E-state index contributed by atoms with van der Waals surface area (Å²) in [5.41, 5.74) is 0. The second kappa shape index (κ2) is 10.5. The molecule has 0 aromatic rings. The first-order chi connectivity index (χ1) is 7.02. The normalized spacial score (nSPS) is 13.3. The summed E-state index contributed by atoms with van der Waals surface area (Å²) >= 11 is 0. The van der Waals surface area contributed by atoms with E-state index in [4.69, 9.17) is 4.74 Å². The van der Waals surface area contributed by atoms with Crippen LogP contribution in [0.2, 0.25) is 0 Å². The summed E-state index contributed by atoms with van der Waals surface area (Å²) in [6.45, 7) is 6.77. The largest absolute Gasteiger partial charge is 1.00 e. The van der Waals surface area contributed by atoms with Gasteiger partial charge in [0.25, 0.3) is 0 Å². The number of likely N-dealkylation sites (N-methyl/N-ethyl adjacent to an activating group) is 1. The van der Waals surface area contributed by atoms with Crippen molar-refractivity contribution >= 4 is 0 Å². The van der Waals surface area contributed by atoms with E-state index >= 15 is 0 Å². The van der Waals surface area contributed by atoms with Crippen LogP contribution in [-0.4, -0.2) is 49.7 Å². The van der Waals surface area contributed by atoms with Crippen molar-refractivity contribution in [3.63, 3.8) is 0 Å². The minimum atomic E-state index is -0.608. The lowest BCUT2D eigenvalue weighted by molar-refractivity contribution is -0.896. The number of hydrogen-bond donors (Lipinski definition) is 1. The highest BCUT2D eigenvalue weighted by atomic mass is 79.9. The first kappa shape index (κ1) is 18.7. The summed E-state index contributed by atoms with van der Waals surface area (Å²) in [5, 5.41) is 9.67. The molecule has 1 N–H and O–H groups in total. The third kappa shape index (κ3) is 10.9. The molecular weight excluding hydrogens is 270 g/mol. The molecule has 0 heterocycles. The van der Waals surface area contributed by atoms with E-state index in [1.807, 2.05) is 0 Å². The van der Waals surface area contributed by atoms with Gasteiger partial charge in [-0.15, -0.1) is 0 Å². The average molecular weight is 298 g/mol. The Morgan fingerprint density at radius 1 is 1.12 bits per heavy atom. The van der Waals surface area contributed by atoms with Gasteiger partial charge in [0.2, 0.25) is 6.29 Å². The molecule has 4 heteroatoms. The molecule has 0 rings (SSSR count). The lowest BCUT2D eigenvalue weighted by Gasteiger charge is -2.31. The Hall–Kier alpha value is 0.360. The zero-order chi connectivity index (χ0) is 11.7. The summed E-state index contributed by atoms with van der Waals surface area (Å²) in [7, 11) is 4.25. The van der Waals surface area contributed by atoms with Gasteiger partial charge in [-0.25, -0.2) is 0 Å². The smallest absolute Gasteiger partial charge is 0.205 e. The molecule has 0 saturated heterocycles. The summed E-state index contributed by atoms with van der Waals surface area (Å²) < 4.78 is 6.19. The molecule has 0 aromatic carbocycles. The minimum Gasteiger partial charge on any atom is -1.00 e. The number of rotatable bonds is 9. The highest BCUT2D eigenvalue weighted by molar-refractivity contribution is 4.42. The zero-order valence-corrected chi connectivity index (χ0v) is 12.8. The van der Waals surface area contributed by atoms with Crippen LogP contribution in [0.4, 0.5) is 0 Å². The molecule has 100 valence electrons. The monoisotopic (exact) mass is 297 g/mol. The van der Waals surface area contributed by atoms with E-state index in [0.717, 1.165) is 23.9 Å². The lowest BCUT2D eigenvalue weighted by Crippen LogP contribution is -3.00. The molecule has 16 heavy (non-hydrogen) atoms. The number of hydrogen-bond acceptors (Lipinski definition) is 2. The molecule has 0 aliphatic heterocycles. The van der Waals surface area contributed by atoms with E-state index in [1.165, 1.54) is 12.8 Å². The molecule has 0 bridgehead atoms. The average Bonchev–Trinajstić information content (AvgIpc) is 2.11. The molecule has 0 aromatic heterocycles. The maximum Gasteiger partial charge on any atom is 0.205 e. The number of nitrogens with zero attached hydrogens (tertiary/aromatic N) is 1. The SMILES string of the molecule is CCCCCOC(O)C[N+](C)(C)CCC.[Br-]. The lowest BCUT2D eigenvalue weighted by atomic mass is 10.3. The van der Waals surface area contributed by atoms with Crippen molar-refractivity contribution in [2.45, 2.75) is 45.8 Å². The van der Waals surface area contributed by atoms with Crippen LogP contribution < -0.4 is 17.0 Å². The predicted octanol–water partition coefficient (Wildman–Crippen LogP) is -0.998. The fraction of sp³-hybridized carbons (Fsp3) is 1.00. The summed E-state index contributed by atoms with van der Waals surface area (Å²) in [4.78, 5) is 0. The molecule has 0 spiro atoms. The summed E-state index contributed by atoms with van der Waals surface area (Å²) in [6.07, 6.45) is 3.95. The van der Waals surface area contributed by atoms with Crippen molar-refractivity contribution in [2.75, 3.05) is 33.8 Å². The second-order valence-corrected chi connectivity index (χ2v) is 4.87. The van der Waals surface area contributed by atoms with Crippen LogP contribution in [0.3, 0.4) is 0 Å². The molecule has 0 fully saturated rings. The summed E-state index contributed by atoms with van der Waals surface area (Å²) in [6, 6.07) is 0. The van der Waals surface area contributed by atoms with Crippen LogP contribution in [0.15, 0.2) is 0 Å². The highest BCUT2D eigenvalue weighted by Crippen LogP contribution is 2.04. The maximum absolute atomic E-state index is 9.67. The molecule has 0 aliphatic carbocycles. The number of unbranched alkanes of at least 4 members (excludes halogenated alkanes) is 2. The third-order valence-electron chi connectivity index (χ3n) is 2.54. The Morgan fingerprint density at radius 2 is 1.75 bits per heavy atom. The number of halogens is 1. The van der Waals surface area contributed by atoms with Gasteiger partial charge in [0.15, 0.2) is 0 Å². The predicted molar refractivity (Wildman–Crippen MR) is 63.6 cm³/mol. The van der Waals surface area contributed by atoms with Crippen LogP contribution in [0.25, 0.3) is 0 Å². The molecule has 0 amide bonds. The molecule has 3 nitrogen and oxygen atoms in total. The van der Waals surface area contributed by atoms with Gasteiger partial charge < -0.3 is 31.3 Å². The van der Waals surface area contributed by atoms with Gasteiger partial charge in [-0.1, -0.05) is 26.7 Å². The standard InChI is InChI=1S/C12H28NO2.BrH/c1-5-7-8-10-15-12(14)11-13(3,4)9-6-2;/h12,14H,5-11H2,1-4H3;1H/q+1;/p-1. The van der Waals surface area contributed by atoms with Crippen molar-refractivity contribution in [1.29, 1.82) is 0 Å². The Bertz CT molecular complexity index is 154. The van der Waals surface area contributed by atoms with Gasteiger partial charge in [0.1, 0.15) is 6.54 Å². The van der Waals surface area contributed by atoms with E-state index in [9.17, 15) is 5.11 Å². The minimum absolute atomic E-state index is 0. The molecule has 1 atom stereocenters. The molecule has 0 aliphatic rings. The quantitative estimate of drug-likeness (QED) is 0.336. The van der Waals surface area contributed by atoms with E-state index in [2.05, 4.69) is 27.9 Å². The van der Waals surface area contributed by atoms with Gasteiger partial charge in [0.05, 0.1) is 20.6 Å². The topological polar surface area (TPSA) is 29.5 Å². The van der Waals surface area contributed by atoms with Gasteiger partial charge in [-0.05, 0) is 12.8 Å². The van der Waals surface area contributed by atoms with Crippen molar-refractivity contribution in [2.24, 2.45) is 0 Å². The zero-order valence-electron chi connectivity index (χ0n) is 11.2. The molecule has 0 saturated carbocycles. The van der Waals surface area contributed by atoms with E-state index in [0.29, 0.717) is 13.2 Å². The number of aliphatic hydroxyl groups excluding tert-OH is 1.